The molecule has 1 aromatic heterocycles. The number of nitrogens with zero attached hydrogens (tertiary/aromatic N) is 3. The Morgan fingerprint density at radius 2 is 2.26 bits per heavy atom. The van der Waals surface area contributed by atoms with Crippen LogP contribution >= 0.6 is 11.6 Å². The fourth-order valence-corrected chi connectivity index (χ4v) is 3.61. The van der Waals surface area contributed by atoms with E-state index in [1.54, 1.807) is 4.90 Å². The van der Waals surface area contributed by atoms with Crippen LogP contribution in [0.5, 0.6) is 5.75 Å². The number of likely N-dealkylation sites (tertiary alicyclic amines) is 1. The highest BCUT2D eigenvalue weighted by molar-refractivity contribution is 6.29. The number of carbonyl (C=O) groups is 2. The molecule has 1 amide bonds. The molecule has 0 aliphatic carbocycles. The van der Waals surface area contributed by atoms with Crippen LogP contribution in [0.3, 0.4) is 0 Å². The van der Waals surface area contributed by atoms with E-state index in [0.29, 0.717) is 25.8 Å². The van der Waals surface area contributed by atoms with Crippen molar-refractivity contribution in [2.75, 3.05) is 13.2 Å². The van der Waals surface area contributed by atoms with E-state index in [2.05, 4.69) is 11.4 Å². The van der Waals surface area contributed by atoms with Crippen molar-refractivity contribution in [1.82, 2.24) is 10.2 Å². The van der Waals surface area contributed by atoms with E-state index in [1.807, 2.05) is 0 Å². The molecule has 2 fully saturated rings. The van der Waals surface area contributed by atoms with Crippen LogP contribution in [0.2, 0.25) is 5.15 Å². The summed E-state index contributed by atoms with van der Waals surface area (Å²) in [7, 11) is 0. The first-order valence-electron chi connectivity index (χ1n) is 8.65. The van der Waals surface area contributed by atoms with Gasteiger partial charge >= 0.3 is 11.1 Å². The summed E-state index contributed by atoms with van der Waals surface area (Å²) < 4.78 is 5.77. The van der Waals surface area contributed by atoms with Crippen LogP contribution in [0, 0.1) is 16.5 Å². The molecule has 2 aliphatic heterocycles. The van der Waals surface area contributed by atoms with Crippen LogP contribution in [0.1, 0.15) is 36.0 Å². The number of carboxylic acid groups (broad SMARTS) is 1. The van der Waals surface area contributed by atoms with Gasteiger partial charge < -0.3 is 20.0 Å². The number of amides is 1. The lowest BCUT2D eigenvalue weighted by molar-refractivity contribution is -0.603. The predicted octanol–water partition coefficient (Wildman–Crippen LogP) is 0.686. The lowest BCUT2D eigenvalue weighted by Crippen LogP contribution is -2.47. The molecule has 0 spiro atoms. The maximum atomic E-state index is 12.6. The van der Waals surface area contributed by atoms with Crippen molar-refractivity contribution in [1.29, 1.82) is 5.26 Å². The van der Waals surface area contributed by atoms with E-state index in [4.69, 9.17) is 26.7 Å². The molecular weight excluding hydrogens is 376 g/mol. The molecule has 0 unspecified atom stereocenters. The van der Waals surface area contributed by atoms with Gasteiger partial charge in [-0.25, -0.2) is 4.79 Å². The van der Waals surface area contributed by atoms with E-state index >= 15 is 0 Å². The van der Waals surface area contributed by atoms with Gasteiger partial charge in [-0.05, 0) is 37.3 Å². The maximum absolute atomic E-state index is 12.6. The Balaban J connectivity index is 1.59. The quantitative estimate of drug-likeness (QED) is 0.426. The minimum atomic E-state index is -1.26. The molecule has 10 heteroatoms. The molecule has 2 N–H and O–H groups in total. The van der Waals surface area contributed by atoms with Gasteiger partial charge in [0.2, 0.25) is 11.7 Å². The lowest BCUT2D eigenvalue weighted by Gasteiger charge is -2.23. The average molecular weight is 395 g/mol. The van der Waals surface area contributed by atoms with Crippen molar-refractivity contribution in [2.24, 2.45) is 0 Å². The third-order valence-corrected chi connectivity index (χ3v) is 5.20. The molecule has 27 heavy (non-hydrogen) atoms. The van der Waals surface area contributed by atoms with E-state index < -0.39 is 5.97 Å². The molecule has 1 aromatic rings. The van der Waals surface area contributed by atoms with Gasteiger partial charge in [0.05, 0.1) is 12.1 Å². The van der Waals surface area contributed by atoms with Crippen LogP contribution in [0.25, 0.3) is 0 Å². The zero-order chi connectivity index (χ0) is 19.6. The third kappa shape index (κ3) is 4.07. The summed E-state index contributed by atoms with van der Waals surface area (Å²) in [5.74, 6) is -1.36. The molecule has 0 aromatic carbocycles. The summed E-state index contributed by atoms with van der Waals surface area (Å²) in [6.45, 7) is 0.728. The van der Waals surface area contributed by atoms with E-state index in [0.717, 1.165) is 12.6 Å². The van der Waals surface area contributed by atoms with Crippen molar-refractivity contribution in [3.8, 4) is 11.8 Å². The number of aromatic carboxylic acids is 1. The molecule has 3 rings (SSSR count). The summed E-state index contributed by atoms with van der Waals surface area (Å²) in [5.41, 5.74) is -0.228. The number of hydrogen-bond acceptors (Lipinski definition) is 6. The van der Waals surface area contributed by atoms with E-state index in [9.17, 15) is 14.8 Å². The molecular formula is C17H19ClN4O5. The van der Waals surface area contributed by atoms with Crippen LogP contribution in [-0.2, 0) is 4.79 Å². The normalized spacial score (nSPS) is 24.6. The van der Waals surface area contributed by atoms with Crippen molar-refractivity contribution >= 4 is 23.5 Å². The summed E-state index contributed by atoms with van der Waals surface area (Å²) >= 11 is 5.87. The van der Waals surface area contributed by atoms with Crippen molar-refractivity contribution in [3.63, 3.8) is 0 Å². The van der Waals surface area contributed by atoms with Crippen LogP contribution in [-0.4, -0.2) is 53.2 Å². The SMILES string of the molecule is N#C[C@@H]1CCCN1C(=O)[C@@H]1CC[C@H](COc2cc(C(=O)O)c[n+]([O-])c2Cl)N1. The number of pyridine rings is 1. The van der Waals surface area contributed by atoms with Crippen LogP contribution < -0.4 is 14.8 Å². The van der Waals surface area contributed by atoms with Gasteiger partial charge in [-0.15, -0.1) is 0 Å². The Bertz CT molecular complexity index is 796. The summed E-state index contributed by atoms with van der Waals surface area (Å²) in [6.07, 6.45) is 3.69. The lowest BCUT2D eigenvalue weighted by atomic mass is 10.1. The van der Waals surface area contributed by atoms with E-state index in [1.165, 1.54) is 6.07 Å². The third-order valence-electron chi connectivity index (χ3n) is 4.85. The summed E-state index contributed by atoms with van der Waals surface area (Å²) in [4.78, 5) is 25.3. The Morgan fingerprint density at radius 1 is 1.48 bits per heavy atom. The number of rotatable bonds is 5. The van der Waals surface area contributed by atoms with Crippen molar-refractivity contribution in [2.45, 2.75) is 43.8 Å². The monoisotopic (exact) mass is 394 g/mol. The standard InChI is InChI=1S/C17H19ClN4O5/c18-15-14(6-10(17(24)25)8-22(15)26)27-9-11-3-4-13(20-11)16(23)21-5-1-2-12(21)7-19/h6,8,11-13,20H,1-5,9H2,(H,24,25)/t11-,12+,13+/m1/s1. The number of nitrogens with one attached hydrogen (secondary N) is 1. The summed E-state index contributed by atoms with van der Waals surface area (Å²) in [5, 5.41) is 32.7. The molecule has 0 bridgehead atoms. The highest BCUT2D eigenvalue weighted by atomic mass is 35.5. The zero-order valence-electron chi connectivity index (χ0n) is 14.4. The molecule has 0 saturated carbocycles. The van der Waals surface area contributed by atoms with Gasteiger partial charge in [0, 0.05) is 18.7 Å². The van der Waals surface area contributed by atoms with E-state index in [-0.39, 0.29) is 51.8 Å². The molecule has 9 nitrogen and oxygen atoms in total. The fraction of sp³-hybridized carbons (Fsp3) is 0.529. The van der Waals surface area contributed by atoms with Crippen molar-refractivity contribution in [3.05, 3.63) is 28.2 Å². The largest absolute Gasteiger partial charge is 0.618 e. The smallest absolute Gasteiger partial charge is 0.341 e. The van der Waals surface area contributed by atoms with Gasteiger partial charge in [-0.1, -0.05) is 0 Å². The van der Waals surface area contributed by atoms with Crippen LogP contribution in [0.4, 0.5) is 0 Å². The second kappa shape index (κ2) is 7.98. The number of halogens is 1. The fourth-order valence-electron chi connectivity index (χ4n) is 3.45. The number of nitriles is 1. The topological polar surface area (TPSA) is 130 Å². The van der Waals surface area contributed by atoms with Gasteiger partial charge in [0.15, 0.2) is 6.20 Å². The van der Waals surface area contributed by atoms with Gasteiger partial charge in [-0.3, -0.25) is 10.1 Å². The van der Waals surface area contributed by atoms with Crippen LogP contribution in [0.15, 0.2) is 12.3 Å². The second-order valence-electron chi connectivity index (χ2n) is 6.64. The number of hydrogen-bond donors (Lipinski definition) is 2. The highest BCUT2D eigenvalue weighted by Crippen LogP contribution is 2.24. The second-order valence-corrected chi connectivity index (χ2v) is 7.00. The van der Waals surface area contributed by atoms with Gasteiger partial charge in [0.25, 0.3) is 0 Å². The Kier molecular flexibility index (Phi) is 5.68. The Hall–Kier alpha value is -2.57. The molecule has 3 heterocycles. The first-order chi connectivity index (χ1) is 12.9. The first-order valence-corrected chi connectivity index (χ1v) is 9.03. The maximum Gasteiger partial charge on any atom is 0.341 e. The number of aromatic nitrogens is 1. The molecule has 0 radical (unpaired) electrons. The first kappa shape index (κ1) is 19.2. The average Bonchev–Trinajstić information content (AvgIpc) is 3.31. The summed E-state index contributed by atoms with van der Waals surface area (Å²) in [6, 6.07) is 2.47. The predicted molar refractivity (Wildman–Crippen MR) is 93.2 cm³/mol. The van der Waals surface area contributed by atoms with Gasteiger partial charge in [-0.2, -0.15) is 9.99 Å². The number of ether oxygens (including phenoxy) is 1. The molecule has 144 valence electrons. The molecule has 3 atom stereocenters. The number of carbonyl (C=O) groups excluding carboxylic acids is 1. The highest BCUT2D eigenvalue weighted by Gasteiger charge is 2.37. The van der Waals surface area contributed by atoms with Crippen molar-refractivity contribution < 1.29 is 24.2 Å². The van der Waals surface area contributed by atoms with Gasteiger partial charge in [0.1, 0.15) is 18.2 Å². The minimum absolute atomic E-state index is 0.0211. The molecule has 2 aliphatic rings. The number of carboxylic acids is 1. The minimum Gasteiger partial charge on any atom is -0.618 e. The Labute approximate surface area is 160 Å². The zero-order valence-corrected chi connectivity index (χ0v) is 15.2. The molecule has 2 saturated heterocycles. The Morgan fingerprint density at radius 3 is 2.96 bits per heavy atom.